The lowest BCUT2D eigenvalue weighted by Crippen LogP contribution is -2.07. The molecule has 0 amide bonds. The Bertz CT molecular complexity index is 1270. The zero-order valence-corrected chi connectivity index (χ0v) is 24.3. The van der Waals surface area contributed by atoms with Crippen molar-refractivity contribution in [2.75, 3.05) is 19.8 Å². The molecule has 0 aliphatic rings. The number of hydrogen-bond acceptors (Lipinski definition) is 5. The first kappa shape index (κ1) is 32.6. The van der Waals surface area contributed by atoms with Crippen LogP contribution in [-0.2, 0) is 33.8 Å². The van der Waals surface area contributed by atoms with E-state index in [0.717, 1.165) is 65.7 Å². The summed E-state index contributed by atoms with van der Waals surface area (Å²) in [6.07, 6.45) is 5.43. The van der Waals surface area contributed by atoms with Crippen LogP contribution in [0.2, 0.25) is 0 Å². The summed E-state index contributed by atoms with van der Waals surface area (Å²) in [6, 6.07) is 18.1. The fourth-order valence-corrected chi connectivity index (χ4v) is 4.72. The smallest absolute Gasteiger partial charge is 0.303 e. The van der Waals surface area contributed by atoms with Crippen LogP contribution in [0.3, 0.4) is 0 Å². The Morgan fingerprint density at radius 3 is 2.24 bits per heavy atom. The largest absolute Gasteiger partial charge is 0.494 e. The second-order valence-corrected chi connectivity index (χ2v) is 10.2. The van der Waals surface area contributed by atoms with Gasteiger partial charge in [-0.1, -0.05) is 37.1 Å². The second-order valence-electron chi connectivity index (χ2n) is 10.2. The Kier molecular flexibility index (Phi) is 13.8. The minimum Gasteiger partial charge on any atom is -0.494 e. The Labute approximate surface area is 247 Å². The molecule has 7 nitrogen and oxygen atoms in total. The maximum Gasteiger partial charge on any atom is 0.303 e. The molecule has 0 heterocycles. The average molecular weight is 581 g/mol. The number of carboxylic acid groups (broad SMARTS) is 2. The standard InChI is InChI=1S/C34H41FO7/c1-2-40-24-25-21-28(26-13-15-29(35)16-14-26)23-30(22-25)41-19-6-4-3-5-9-27-10-7-11-32(31(27)17-18-34(38)39)42-20-8-12-33(36)37/h7,10-11,13-16,21-23H,2-6,8-9,12,17-20,24H2,1H3,(H,36,37)(H,38,39). The highest BCUT2D eigenvalue weighted by molar-refractivity contribution is 5.68. The van der Waals surface area contributed by atoms with Gasteiger partial charge in [-0.3, -0.25) is 9.59 Å². The number of halogens is 1. The Hall–Kier alpha value is -3.91. The summed E-state index contributed by atoms with van der Waals surface area (Å²) in [4.78, 5) is 22.0. The third-order valence-electron chi connectivity index (χ3n) is 6.84. The number of hydrogen-bond donors (Lipinski definition) is 2. The summed E-state index contributed by atoms with van der Waals surface area (Å²) >= 11 is 0. The van der Waals surface area contributed by atoms with Crippen molar-refractivity contribution in [2.24, 2.45) is 0 Å². The zero-order chi connectivity index (χ0) is 30.2. The topological polar surface area (TPSA) is 102 Å². The summed E-state index contributed by atoms with van der Waals surface area (Å²) < 4.78 is 30.9. The number of carboxylic acids is 2. The van der Waals surface area contributed by atoms with E-state index >= 15 is 0 Å². The lowest BCUT2D eigenvalue weighted by molar-refractivity contribution is -0.138. The second kappa shape index (κ2) is 17.8. The van der Waals surface area contributed by atoms with Crippen molar-refractivity contribution in [1.82, 2.24) is 0 Å². The molecule has 226 valence electrons. The molecule has 0 atom stereocenters. The van der Waals surface area contributed by atoms with Crippen LogP contribution in [-0.4, -0.2) is 42.0 Å². The van der Waals surface area contributed by atoms with Crippen LogP contribution < -0.4 is 9.47 Å². The monoisotopic (exact) mass is 580 g/mol. The Morgan fingerprint density at radius 1 is 0.762 bits per heavy atom. The van der Waals surface area contributed by atoms with Gasteiger partial charge in [-0.2, -0.15) is 0 Å². The quantitative estimate of drug-likeness (QED) is 0.134. The summed E-state index contributed by atoms with van der Waals surface area (Å²) in [6.45, 7) is 3.89. The fourth-order valence-electron chi connectivity index (χ4n) is 4.72. The van der Waals surface area contributed by atoms with Crippen molar-refractivity contribution in [3.05, 3.63) is 83.2 Å². The van der Waals surface area contributed by atoms with Crippen molar-refractivity contribution in [1.29, 1.82) is 0 Å². The number of carbonyl (C=O) groups is 2. The molecule has 0 aromatic heterocycles. The number of rotatable bonds is 20. The highest BCUT2D eigenvalue weighted by Crippen LogP contribution is 2.28. The molecule has 0 spiro atoms. The molecule has 0 unspecified atom stereocenters. The predicted molar refractivity (Wildman–Crippen MR) is 160 cm³/mol. The number of unbranched alkanes of at least 4 members (excludes halogenated alkanes) is 3. The first-order valence-electron chi connectivity index (χ1n) is 14.6. The minimum absolute atomic E-state index is 0.00841. The van der Waals surface area contributed by atoms with Gasteiger partial charge in [0.05, 0.1) is 19.8 Å². The van der Waals surface area contributed by atoms with E-state index in [1.165, 1.54) is 12.1 Å². The first-order chi connectivity index (χ1) is 20.4. The molecule has 0 aliphatic carbocycles. The van der Waals surface area contributed by atoms with Gasteiger partial charge in [-0.05, 0) is 103 Å². The summed E-state index contributed by atoms with van der Waals surface area (Å²) in [5, 5.41) is 18.1. The summed E-state index contributed by atoms with van der Waals surface area (Å²) in [5.41, 5.74) is 4.83. The fraction of sp³-hybridized carbons (Fsp3) is 0.412. The van der Waals surface area contributed by atoms with Gasteiger partial charge in [0.15, 0.2) is 0 Å². The molecule has 0 saturated heterocycles. The molecule has 3 rings (SSSR count). The van der Waals surface area contributed by atoms with Gasteiger partial charge in [-0.25, -0.2) is 4.39 Å². The van der Waals surface area contributed by atoms with Gasteiger partial charge in [0.1, 0.15) is 17.3 Å². The molecule has 0 radical (unpaired) electrons. The van der Waals surface area contributed by atoms with E-state index in [-0.39, 0.29) is 25.3 Å². The van der Waals surface area contributed by atoms with Gasteiger partial charge in [-0.15, -0.1) is 0 Å². The molecule has 0 bridgehead atoms. The lowest BCUT2D eigenvalue weighted by Gasteiger charge is -2.15. The van der Waals surface area contributed by atoms with E-state index in [1.807, 2.05) is 43.3 Å². The third-order valence-corrected chi connectivity index (χ3v) is 6.84. The van der Waals surface area contributed by atoms with Gasteiger partial charge >= 0.3 is 11.9 Å². The molecule has 42 heavy (non-hydrogen) atoms. The minimum atomic E-state index is -0.867. The molecule has 2 N–H and O–H groups in total. The predicted octanol–water partition coefficient (Wildman–Crippen LogP) is 7.47. The van der Waals surface area contributed by atoms with E-state index in [4.69, 9.17) is 19.3 Å². The van der Waals surface area contributed by atoms with Crippen LogP contribution in [0.5, 0.6) is 11.5 Å². The van der Waals surface area contributed by atoms with E-state index in [9.17, 15) is 19.1 Å². The van der Waals surface area contributed by atoms with Gasteiger partial charge in [0.2, 0.25) is 0 Å². The molecule has 0 fully saturated rings. The zero-order valence-electron chi connectivity index (χ0n) is 24.3. The van der Waals surface area contributed by atoms with E-state index in [2.05, 4.69) is 0 Å². The van der Waals surface area contributed by atoms with Crippen LogP contribution in [0, 0.1) is 5.82 Å². The SMILES string of the molecule is CCOCc1cc(OCCCCCCc2cccc(OCCCC(=O)O)c2CCC(=O)O)cc(-c2ccc(F)cc2)c1. The van der Waals surface area contributed by atoms with Crippen LogP contribution in [0.4, 0.5) is 4.39 Å². The van der Waals surface area contributed by atoms with Gasteiger partial charge in [0.25, 0.3) is 0 Å². The normalized spacial score (nSPS) is 10.9. The molecule has 0 saturated carbocycles. The van der Waals surface area contributed by atoms with E-state index in [0.29, 0.717) is 38.4 Å². The van der Waals surface area contributed by atoms with Crippen LogP contribution in [0.25, 0.3) is 11.1 Å². The number of benzene rings is 3. The number of aliphatic carboxylic acids is 2. The third kappa shape index (κ3) is 11.5. The summed E-state index contributed by atoms with van der Waals surface area (Å²) in [5.74, 6) is -0.608. The number of ether oxygens (including phenoxy) is 3. The van der Waals surface area contributed by atoms with Gasteiger partial charge < -0.3 is 24.4 Å². The van der Waals surface area contributed by atoms with Crippen molar-refractivity contribution in [3.8, 4) is 22.6 Å². The number of aryl methyl sites for hydroxylation is 1. The highest BCUT2D eigenvalue weighted by Gasteiger charge is 2.12. The Balaban J connectivity index is 1.50. The molecule has 0 aliphatic heterocycles. The van der Waals surface area contributed by atoms with Crippen LogP contribution in [0.15, 0.2) is 60.7 Å². The molecular weight excluding hydrogens is 539 g/mol. The van der Waals surface area contributed by atoms with Crippen LogP contribution in [0.1, 0.15) is 68.6 Å². The molecule has 3 aromatic carbocycles. The molecular formula is C34H41FO7. The Morgan fingerprint density at radius 2 is 1.50 bits per heavy atom. The lowest BCUT2D eigenvalue weighted by atomic mass is 9.97. The van der Waals surface area contributed by atoms with Crippen molar-refractivity contribution in [3.63, 3.8) is 0 Å². The molecule has 8 heteroatoms. The first-order valence-corrected chi connectivity index (χ1v) is 14.6. The highest BCUT2D eigenvalue weighted by atomic mass is 19.1. The van der Waals surface area contributed by atoms with Crippen LogP contribution >= 0.6 is 0 Å². The van der Waals surface area contributed by atoms with Crippen molar-refractivity contribution in [2.45, 2.75) is 71.3 Å². The molecule has 3 aromatic rings. The average Bonchev–Trinajstić information content (AvgIpc) is 2.97. The summed E-state index contributed by atoms with van der Waals surface area (Å²) in [7, 11) is 0. The van der Waals surface area contributed by atoms with E-state index in [1.54, 1.807) is 12.1 Å². The maximum absolute atomic E-state index is 13.4. The maximum atomic E-state index is 13.4. The van der Waals surface area contributed by atoms with Crippen molar-refractivity contribution >= 4 is 11.9 Å². The van der Waals surface area contributed by atoms with Crippen molar-refractivity contribution < 1.29 is 38.4 Å². The van der Waals surface area contributed by atoms with E-state index < -0.39 is 11.9 Å². The van der Waals surface area contributed by atoms with Gasteiger partial charge in [0, 0.05) is 19.4 Å².